The molecule has 0 saturated heterocycles. The number of nitrogens with one attached hydrogen (secondary N) is 1. The second kappa shape index (κ2) is 7.29. The van der Waals surface area contributed by atoms with Crippen LogP contribution in [0.15, 0.2) is 41.9 Å². The van der Waals surface area contributed by atoms with Crippen molar-refractivity contribution in [3.8, 4) is 5.95 Å². The Morgan fingerprint density at radius 2 is 2.07 bits per heavy atom. The van der Waals surface area contributed by atoms with Crippen LogP contribution in [-0.4, -0.2) is 25.7 Å². The van der Waals surface area contributed by atoms with Crippen molar-refractivity contribution < 1.29 is 4.79 Å². The van der Waals surface area contributed by atoms with Gasteiger partial charge in [-0.2, -0.15) is 14.8 Å². The van der Waals surface area contributed by atoms with E-state index in [1.54, 1.807) is 34.3 Å². The first-order valence-corrected chi connectivity index (χ1v) is 10.5. The molecule has 146 valence electrons. The van der Waals surface area contributed by atoms with Gasteiger partial charge in [-0.3, -0.25) is 4.79 Å². The molecule has 0 saturated carbocycles. The van der Waals surface area contributed by atoms with Crippen LogP contribution in [0.25, 0.3) is 16.9 Å². The van der Waals surface area contributed by atoms with Crippen LogP contribution in [0, 0.1) is 0 Å². The maximum atomic E-state index is 11.7. The van der Waals surface area contributed by atoms with Crippen molar-refractivity contribution >= 4 is 34.0 Å². The number of nitrogens with two attached hydrogens (primary N) is 1. The lowest BCUT2D eigenvalue weighted by Gasteiger charge is -2.19. The number of carbonyl (C=O) groups is 1. The summed E-state index contributed by atoms with van der Waals surface area (Å²) in [6, 6.07) is 9.57. The molecule has 0 spiro atoms. The molecule has 1 aliphatic carbocycles. The van der Waals surface area contributed by atoms with Crippen LogP contribution in [-0.2, 0) is 19.4 Å². The molecule has 1 aliphatic rings. The number of amides is 1. The number of anilines is 1. The second-order valence-electron chi connectivity index (χ2n) is 7.10. The minimum Gasteiger partial charge on any atom is -0.366 e. The molecule has 0 atom stereocenters. The third-order valence-corrected chi connectivity index (χ3v) is 6.13. The van der Waals surface area contributed by atoms with Crippen LogP contribution >= 0.6 is 11.3 Å². The predicted octanol–water partition coefficient (Wildman–Crippen LogP) is 3.47. The van der Waals surface area contributed by atoms with Gasteiger partial charge in [0.25, 0.3) is 5.95 Å². The maximum absolute atomic E-state index is 11.7. The first-order chi connectivity index (χ1) is 14.2. The predicted molar refractivity (Wildman–Crippen MR) is 113 cm³/mol. The SMILES string of the molecule is NC(=O)c1cccc2c1cnn2-c1nc2c(c(NCc3cccs3)n1)CCCC2. The Kier molecular flexibility index (Phi) is 4.48. The summed E-state index contributed by atoms with van der Waals surface area (Å²) in [5, 5.41) is 10.7. The van der Waals surface area contributed by atoms with Crippen molar-refractivity contribution in [3.63, 3.8) is 0 Å². The molecule has 3 aromatic heterocycles. The number of carbonyl (C=O) groups excluding carboxylic acids is 1. The summed E-state index contributed by atoms with van der Waals surface area (Å²) < 4.78 is 1.69. The summed E-state index contributed by atoms with van der Waals surface area (Å²) in [5.74, 6) is 0.906. The highest BCUT2D eigenvalue weighted by molar-refractivity contribution is 7.09. The van der Waals surface area contributed by atoms with Crippen molar-refractivity contribution in [2.24, 2.45) is 5.73 Å². The number of hydrogen-bond donors (Lipinski definition) is 2. The van der Waals surface area contributed by atoms with Gasteiger partial charge < -0.3 is 11.1 Å². The highest BCUT2D eigenvalue weighted by Gasteiger charge is 2.20. The molecule has 5 rings (SSSR count). The highest BCUT2D eigenvalue weighted by atomic mass is 32.1. The normalized spacial score (nSPS) is 13.4. The third-order valence-electron chi connectivity index (χ3n) is 5.25. The molecule has 0 aliphatic heterocycles. The van der Waals surface area contributed by atoms with Gasteiger partial charge in [0, 0.05) is 15.8 Å². The number of aromatic nitrogens is 4. The Balaban J connectivity index is 1.60. The number of rotatable bonds is 5. The molecule has 29 heavy (non-hydrogen) atoms. The fraction of sp³-hybridized carbons (Fsp3) is 0.238. The number of thiophene rings is 1. The first kappa shape index (κ1) is 17.8. The molecule has 4 aromatic rings. The molecule has 3 N–H and O–H groups in total. The van der Waals surface area contributed by atoms with Gasteiger partial charge in [0.15, 0.2) is 0 Å². The van der Waals surface area contributed by atoms with Crippen molar-refractivity contribution in [2.45, 2.75) is 32.2 Å². The summed E-state index contributed by atoms with van der Waals surface area (Å²) in [7, 11) is 0. The van der Waals surface area contributed by atoms with Gasteiger partial charge in [0.1, 0.15) is 5.82 Å². The Labute approximate surface area is 171 Å². The number of benzene rings is 1. The average molecular weight is 404 g/mol. The Morgan fingerprint density at radius 1 is 1.17 bits per heavy atom. The zero-order valence-corrected chi connectivity index (χ0v) is 16.6. The monoisotopic (exact) mass is 404 g/mol. The van der Waals surface area contributed by atoms with Crippen LogP contribution in [0.1, 0.15) is 39.3 Å². The molecule has 3 heterocycles. The highest BCUT2D eigenvalue weighted by Crippen LogP contribution is 2.28. The molecule has 7 nitrogen and oxygen atoms in total. The van der Waals surface area contributed by atoms with Gasteiger partial charge in [-0.25, -0.2) is 4.98 Å². The van der Waals surface area contributed by atoms with E-state index in [9.17, 15) is 4.79 Å². The van der Waals surface area contributed by atoms with Gasteiger partial charge in [-0.1, -0.05) is 12.1 Å². The zero-order valence-electron chi connectivity index (χ0n) is 15.8. The van der Waals surface area contributed by atoms with Crippen LogP contribution in [0.4, 0.5) is 5.82 Å². The molecule has 8 heteroatoms. The molecular formula is C21H20N6OS. The lowest BCUT2D eigenvalue weighted by atomic mass is 9.96. The summed E-state index contributed by atoms with van der Waals surface area (Å²) in [6.45, 7) is 0.728. The number of primary amides is 1. The minimum absolute atomic E-state index is 0.447. The smallest absolute Gasteiger partial charge is 0.253 e. The van der Waals surface area contributed by atoms with E-state index < -0.39 is 5.91 Å². The van der Waals surface area contributed by atoms with Crippen LogP contribution in [0.3, 0.4) is 0 Å². The minimum atomic E-state index is -0.472. The number of fused-ring (bicyclic) bond motifs is 2. The molecule has 1 aromatic carbocycles. The van der Waals surface area contributed by atoms with Crippen molar-refractivity contribution in [3.05, 3.63) is 63.6 Å². The largest absolute Gasteiger partial charge is 0.366 e. The maximum Gasteiger partial charge on any atom is 0.253 e. The molecular weight excluding hydrogens is 384 g/mol. The Hall–Kier alpha value is -3.26. The van der Waals surface area contributed by atoms with E-state index in [0.717, 1.165) is 49.3 Å². The van der Waals surface area contributed by atoms with E-state index in [2.05, 4.69) is 27.9 Å². The zero-order chi connectivity index (χ0) is 19.8. The summed E-state index contributed by atoms with van der Waals surface area (Å²) >= 11 is 1.72. The van der Waals surface area contributed by atoms with Crippen LogP contribution in [0.2, 0.25) is 0 Å². The second-order valence-corrected chi connectivity index (χ2v) is 8.13. The van der Waals surface area contributed by atoms with E-state index in [1.165, 1.54) is 10.4 Å². The third kappa shape index (κ3) is 3.25. The van der Waals surface area contributed by atoms with Gasteiger partial charge in [0.2, 0.25) is 5.91 Å². The summed E-state index contributed by atoms with van der Waals surface area (Å²) in [5.41, 5.74) is 9.00. The fourth-order valence-corrected chi connectivity index (χ4v) is 4.48. The van der Waals surface area contributed by atoms with Crippen molar-refractivity contribution in [1.82, 2.24) is 19.7 Å². The van der Waals surface area contributed by atoms with Crippen molar-refractivity contribution in [2.75, 3.05) is 5.32 Å². The number of hydrogen-bond acceptors (Lipinski definition) is 6. The standard InChI is InChI=1S/C21H20N6OS/c22-19(28)14-7-3-9-18-16(14)12-24-27(18)21-25-17-8-2-1-6-15(17)20(26-21)23-11-13-5-4-10-29-13/h3-5,7,9-10,12H,1-2,6,8,11H2,(H2,22,28)(H,23,25,26). The lowest BCUT2D eigenvalue weighted by Crippen LogP contribution is -2.16. The number of nitrogens with zero attached hydrogens (tertiary/aromatic N) is 4. The lowest BCUT2D eigenvalue weighted by molar-refractivity contribution is 0.100. The van der Waals surface area contributed by atoms with Gasteiger partial charge in [-0.15, -0.1) is 11.3 Å². The Bertz CT molecular complexity index is 1200. The van der Waals surface area contributed by atoms with E-state index in [0.29, 0.717) is 16.9 Å². The van der Waals surface area contributed by atoms with Gasteiger partial charge >= 0.3 is 0 Å². The van der Waals surface area contributed by atoms with E-state index in [4.69, 9.17) is 15.7 Å². The summed E-state index contributed by atoms with van der Waals surface area (Å²) in [6.07, 6.45) is 5.84. The first-order valence-electron chi connectivity index (χ1n) is 9.63. The van der Waals surface area contributed by atoms with E-state index in [-0.39, 0.29) is 0 Å². The molecule has 0 radical (unpaired) electrons. The number of aryl methyl sites for hydroxylation is 1. The van der Waals surface area contributed by atoms with E-state index >= 15 is 0 Å². The molecule has 0 fully saturated rings. The van der Waals surface area contributed by atoms with Crippen LogP contribution < -0.4 is 11.1 Å². The van der Waals surface area contributed by atoms with Gasteiger partial charge in [0.05, 0.1) is 29.5 Å². The fourth-order valence-electron chi connectivity index (χ4n) is 3.83. The van der Waals surface area contributed by atoms with Gasteiger partial charge in [-0.05, 0) is 49.3 Å². The quantitative estimate of drug-likeness (QED) is 0.531. The van der Waals surface area contributed by atoms with Crippen molar-refractivity contribution in [1.29, 1.82) is 0 Å². The van der Waals surface area contributed by atoms with Crippen LogP contribution in [0.5, 0.6) is 0 Å². The van der Waals surface area contributed by atoms with E-state index in [1.807, 2.05) is 6.07 Å². The molecule has 0 bridgehead atoms. The Morgan fingerprint density at radius 3 is 2.90 bits per heavy atom. The topological polar surface area (TPSA) is 98.7 Å². The molecule has 1 amide bonds. The molecule has 0 unspecified atom stereocenters. The summed E-state index contributed by atoms with van der Waals surface area (Å²) in [4.78, 5) is 22.6. The average Bonchev–Trinajstić information content (AvgIpc) is 3.41.